The summed E-state index contributed by atoms with van der Waals surface area (Å²) in [6.07, 6.45) is -1.09. The van der Waals surface area contributed by atoms with E-state index < -0.39 is 24.5 Å². The molecule has 1 N–H and O–H groups in total. The van der Waals surface area contributed by atoms with Gasteiger partial charge in [0.2, 0.25) is 5.89 Å². The zero-order valence-electron chi connectivity index (χ0n) is 17.3. The van der Waals surface area contributed by atoms with Crippen molar-refractivity contribution in [3.05, 3.63) is 94.4 Å². The number of pyridine rings is 2. The molecule has 11 heteroatoms. The van der Waals surface area contributed by atoms with Gasteiger partial charge in [0, 0.05) is 30.1 Å². The third-order valence-corrected chi connectivity index (χ3v) is 5.72. The summed E-state index contributed by atoms with van der Waals surface area (Å²) >= 11 is 5.93. The number of hydrogen-bond acceptors (Lipinski definition) is 7. The number of carbonyl (C=O) groups is 1. The van der Waals surface area contributed by atoms with Gasteiger partial charge in [0.1, 0.15) is 12.1 Å². The molecular weight excluding hydrogens is 468 g/mol. The van der Waals surface area contributed by atoms with Gasteiger partial charge in [0.15, 0.2) is 0 Å². The summed E-state index contributed by atoms with van der Waals surface area (Å²) < 4.78 is 30.6. The van der Waals surface area contributed by atoms with Gasteiger partial charge in [-0.1, -0.05) is 23.7 Å². The van der Waals surface area contributed by atoms with E-state index in [1.54, 1.807) is 48.7 Å². The zero-order valence-corrected chi connectivity index (χ0v) is 18.1. The van der Waals surface area contributed by atoms with E-state index >= 15 is 0 Å². The molecule has 4 heterocycles. The first-order chi connectivity index (χ1) is 16.4. The summed E-state index contributed by atoms with van der Waals surface area (Å²) in [4.78, 5) is 23.5. The smallest absolute Gasteiger partial charge is 0.314 e. The Hall–Kier alpha value is -3.76. The molecule has 0 saturated heterocycles. The maximum Gasteiger partial charge on any atom is 0.314 e. The summed E-state index contributed by atoms with van der Waals surface area (Å²) in [6.45, 7) is 0.201. The lowest BCUT2D eigenvalue weighted by Gasteiger charge is -2.31. The molecule has 0 aliphatic carbocycles. The van der Waals surface area contributed by atoms with Crippen molar-refractivity contribution in [1.29, 1.82) is 0 Å². The van der Waals surface area contributed by atoms with Crippen LogP contribution in [0.3, 0.4) is 0 Å². The average molecular weight is 484 g/mol. The van der Waals surface area contributed by atoms with Gasteiger partial charge in [-0.2, -0.15) is 8.78 Å². The SMILES string of the molecule is O=C1c2cc(-c3nnc(C(F)F)o3)ccc2CN1C(c1ccccn1)C(O)c1ccc(Cl)cn1. The Kier molecular flexibility index (Phi) is 5.76. The highest BCUT2D eigenvalue weighted by Gasteiger charge is 2.39. The molecule has 0 spiro atoms. The first-order valence-corrected chi connectivity index (χ1v) is 10.6. The number of aromatic nitrogens is 4. The second-order valence-electron chi connectivity index (χ2n) is 7.60. The largest absolute Gasteiger partial charge is 0.415 e. The minimum Gasteiger partial charge on any atom is -0.415 e. The van der Waals surface area contributed by atoms with Crippen LogP contribution in [0.5, 0.6) is 0 Å². The lowest BCUT2D eigenvalue weighted by Crippen LogP contribution is -2.34. The van der Waals surface area contributed by atoms with Crippen molar-refractivity contribution >= 4 is 17.5 Å². The summed E-state index contributed by atoms with van der Waals surface area (Å²) in [7, 11) is 0. The van der Waals surface area contributed by atoms with Crippen molar-refractivity contribution < 1.29 is 23.1 Å². The van der Waals surface area contributed by atoms with Gasteiger partial charge < -0.3 is 14.4 Å². The first kappa shape index (κ1) is 22.1. The molecule has 3 aromatic heterocycles. The Morgan fingerprint density at radius 2 is 1.91 bits per heavy atom. The predicted octanol–water partition coefficient (Wildman–Crippen LogP) is 4.55. The van der Waals surface area contributed by atoms with Crippen LogP contribution in [-0.4, -0.2) is 36.1 Å². The number of nitrogens with zero attached hydrogens (tertiary/aromatic N) is 5. The molecule has 1 aliphatic heterocycles. The van der Waals surface area contributed by atoms with Gasteiger partial charge in [-0.15, -0.1) is 10.2 Å². The summed E-state index contributed by atoms with van der Waals surface area (Å²) in [5.41, 5.74) is 2.18. The average Bonchev–Trinajstić information content (AvgIpc) is 3.46. The molecule has 0 fully saturated rings. The molecule has 0 saturated carbocycles. The normalized spacial score (nSPS) is 15.0. The first-order valence-electron chi connectivity index (χ1n) is 10.2. The number of aliphatic hydroxyl groups excluding tert-OH is 1. The molecule has 0 radical (unpaired) electrons. The molecule has 2 atom stereocenters. The lowest BCUT2D eigenvalue weighted by molar-refractivity contribution is 0.0332. The van der Waals surface area contributed by atoms with Crippen molar-refractivity contribution in [2.75, 3.05) is 0 Å². The molecule has 5 rings (SSSR count). The maximum absolute atomic E-state index is 13.5. The third-order valence-electron chi connectivity index (χ3n) is 5.50. The van der Waals surface area contributed by atoms with Crippen LogP contribution in [0, 0.1) is 0 Å². The van der Waals surface area contributed by atoms with E-state index in [9.17, 15) is 18.7 Å². The zero-order chi connectivity index (χ0) is 23.8. The Balaban J connectivity index is 1.50. The molecule has 0 bridgehead atoms. The molecule has 34 heavy (non-hydrogen) atoms. The van der Waals surface area contributed by atoms with Crippen LogP contribution in [0.25, 0.3) is 11.5 Å². The fourth-order valence-electron chi connectivity index (χ4n) is 3.89. The van der Waals surface area contributed by atoms with Crippen LogP contribution in [0.15, 0.2) is 65.3 Å². The number of alkyl halides is 2. The Labute approximate surface area is 196 Å². The number of aliphatic hydroxyl groups is 1. The standard InChI is InChI=1S/C23H16ClF2N5O3/c24-14-6-7-17(28-10-14)19(32)18(16-3-1-2-8-27-16)31-11-13-5-4-12(9-15(13)23(31)33)21-29-30-22(34-21)20(25)26/h1-10,18-20,32H,11H2. The Morgan fingerprint density at radius 3 is 2.59 bits per heavy atom. The van der Waals surface area contributed by atoms with Crippen LogP contribution in [0.4, 0.5) is 8.78 Å². The van der Waals surface area contributed by atoms with E-state index in [1.165, 1.54) is 17.2 Å². The van der Waals surface area contributed by atoms with E-state index in [0.29, 0.717) is 33.1 Å². The van der Waals surface area contributed by atoms with Gasteiger partial charge in [-0.3, -0.25) is 14.8 Å². The van der Waals surface area contributed by atoms with Gasteiger partial charge in [-0.05, 0) is 42.0 Å². The van der Waals surface area contributed by atoms with Crippen LogP contribution >= 0.6 is 11.6 Å². The van der Waals surface area contributed by atoms with Crippen LogP contribution < -0.4 is 0 Å². The molecule has 4 aromatic rings. The summed E-state index contributed by atoms with van der Waals surface area (Å²) in [5.74, 6) is -1.28. The highest BCUT2D eigenvalue weighted by Crippen LogP contribution is 2.39. The predicted molar refractivity (Wildman–Crippen MR) is 116 cm³/mol. The molecule has 1 aromatic carbocycles. The topological polar surface area (TPSA) is 105 Å². The third kappa shape index (κ3) is 4.02. The highest BCUT2D eigenvalue weighted by molar-refractivity contribution is 6.30. The van der Waals surface area contributed by atoms with Gasteiger partial charge in [-0.25, -0.2) is 0 Å². The number of fused-ring (bicyclic) bond motifs is 1. The van der Waals surface area contributed by atoms with Gasteiger partial charge in [0.05, 0.1) is 16.4 Å². The van der Waals surface area contributed by atoms with E-state index in [0.717, 1.165) is 0 Å². The van der Waals surface area contributed by atoms with Crippen LogP contribution in [0.1, 0.15) is 51.8 Å². The lowest BCUT2D eigenvalue weighted by atomic mass is 10.0. The molecule has 2 unspecified atom stereocenters. The van der Waals surface area contributed by atoms with Gasteiger partial charge in [0.25, 0.3) is 11.8 Å². The van der Waals surface area contributed by atoms with E-state index in [-0.39, 0.29) is 18.3 Å². The van der Waals surface area contributed by atoms with Gasteiger partial charge >= 0.3 is 6.43 Å². The molecule has 1 aliphatic rings. The minimum absolute atomic E-state index is 0.115. The van der Waals surface area contributed by atoms with E-state index in [4.69, 9.17) is 16.0 Å². The number of amides is 1. The number of benzene rings is 1. The van der Waals surface area contributed by atoms with Crippen LogP contribution in [0.2, 0.25) is 5.02 Å². The molecule has 1 amide bonds. The number of hydrogen-bond donors (Lipinski definition) is 1. The fourth-order valence-corrected chi connectivity index (χ4v) is 4.00. The van der Waals surface area contributed by atoms with Crippen LogP contribution in [-0.2, 0) is 6.54 Å². The molecule has 172 valence electrons. The monoisotopic (exact) mass is 483 g/mol. The number of carbonyl (C=O) groups excluding carboxylic acids is 1. The fraction of sp³-hybridized carbons (Fsp3) is 0.174. The van der Waals surface area contributed by atoms with E-state index in [2.05, 4.69) is 20.2 Å². The highest BCUT2D eigenvalue weighted by atomic mass is 35.5. The molecule has 8 nitrogen and oxygen atoms in total. The Morgan fingerprint density at radius 1 is 1.06 bits per heavy atom. The number of halogens is 3. The second kappa shape index (κ2) is 8.88. The van der Waals surface area contributed by atoms with E-state index in [1.807, 2.05) is 0 Å². The second-order valence-corrected chi connectivity index (χ2v) is 8.03. The maximum atomic E-state index is 13.5. The summed E-state index contributed by atoms with van der Waals surface area (Å²) in [5, 5.41) is 18.6. The van der Waals surface area contributed by atoms with Crippen molar-refractivity contribution in [2.45, 2.75) is 25.1 Å². The minimum atomic E-state index is -2.89. The molecular formula is C23H16ClF2N5O3. The van der Waals surface area contributed by atoms with Crippen molar-refractivity contribution in [2.24, 2.45) is 0 Å². The Bertz CT molecular complexity index is 1330. The van der Waals surface area contributed by atoms with Crippen molar-refractivity contribution in [3.63, 3.8) is 0 Å². The quantitative estimate of drug-likeness (QED) is 0.429. The number of rotatable bonds is 6. The van der Waals surface area contributed by atoms with Crippen molar-refractivity contribution in [1.82, 2.24) is 25.1 Å². The summed E-state index contributed by atoms with van der Waals surface area (Å²) in [6, 6.07) is 12.4. The van der Waals surface area contributed by atoms with Crippen molar-refractivity contribution in [3.8, 4) is 11.5 Å².